The summed E-state index contributed by atoms with van der Waals surface area (Å²) in [6, 6.07) is 5.71. The van der Waals surface area contributed by atoms with Crippen LogP contribution in [0.25, 0.3) is 10.9 Å². The van der Waals surface area contributed by atoms with Crippen molar-refractivity contribution in [2.45, 2.75) is 52.6 Å². The fourth-order valence-corrected chi connectivity index (χ4v) is 3.53. The summed E-state index contributed by atoms with van der Waals surface area (Å²) < 4.78 is 11.4. The van der Waals surface area contributed by atoms with Crippen LogP contribution < -0.4 is 10.5 Å². The highest BCUT2D eigenvalue weighted by molar-refractivity contribution is 6.07. The highest BCUT2D eigenvalue weighted by atomic mass is 16.5. The van der Waals surface area contributed by atoms with Crippen LogP contribution in [0.1, 0.15) is 55.6 Å². The van der Waals surface area contributed by atoms with Gasteiger partial charge in [-0.05, 0) is 57.6 Å². The molecule has 0 spiro atoms. The normalized spacial score (nSPS) is 20.4. The fourth-order valence-electron chi connectivity index (χ4n) is 3.53. The van der Waals surface area contributed by atoms with Gasteiger partial charge in [-0.3, -0.25) is 4.98 Å². The summed E-state index contributed by atoms with van der Waals surface area (Å²) in [6.45, 7) is 6.13. The van der Waals surface area contributed by atoms with E-state index < -0.39 is 5.97 Å². The van der Waals surface area contributed by atoms with E-state index in [0.29, 0.717) is 34.7 Å². The minimum atomic E-state index is -0.437. The maximum Gasteiger partial charge on any atom is 0.342 e. The number of ether oxygens (including phenoxy) is 2. The number of benzene rings is 1. The van der Waals surface area contributed by atoms with Crippen molar-refractivity contribution in [3.8, 4) is 5.75 Å². The molecule has 0 unspecified atom stereocenters. The summed E-state index contributed by atoms with van der Waals surface area (Å²) in [5.41, 5.74) is 8.40. The topological polar surface area (TPSA) is 74.4 Å². The predicted octanol–water partition coefficient (Wildman–Crippen LogP) is 4.26. The molecular weight excluding hydrogens is 316 g/mol. The van der Waals surface area contributed by atoms with Gasteiger partial charge in [0.05, 0.1) is 35.0 Å². The van der Waals surface area contributed by atoms with Gasteiger partial charge in [0.15, 0.2) is 0 Å². The molecule has 0 atom stereocenters. The van der Waals surface area contributed by atoms with Gasteiger partial charge in [-0.2, -0.15) is 0 Å². The molecule has 25 heavy (non-hydrogen) atoms. The monoisotopic (exact) mass is 342 g/mol. The summed E-state index contributed by atoms with van der Waals surface area (Å²) >= 11 is 0. The van der Waals surface area contributed by atoms with Gasteiger partial charge in [-0.25, -0.2) is 4.79 Å². The summed E-state index contributed by atoms with van der Waals surface area (Å²) in [5, 5.41) is 0.703. The van der Waals surface area contributed by atoms with Gasteiger partial charge in [0.2, 0.25) is 0 Å². The van der Waals surface area contributed by atoms with Crippen molar-refractivity contribution in [2.24, 2.45) is 5.92 Å². The maximum absolute atomic E-state index is 12.3. The van der Waals surface area contributed by atoms with Crippen LogP contribution in [0.5, 0.6) is 5.75 Å². The third-order valence-electron chi connectivity index (χ3n) is 4.93. The van der Waals surface area contributed by atoms with Crippen molar-refractivity contribution in [3.63, 3.8) is 0 Å². The highest BCUT2D eigenvalue weighted by Gasteiger charge is 2.23. The smallest absolute Gasteiger partial charge is 0.342 e. The van der Waals surface area contributed by atoms with Crippen molar-refractivity contribution < 1.29 is 14.3 Å². The second-order valence-corrected chi connectivity index (χ2v) is 6.86. The Morgan fingerprint density at radius 2 is 2.00 bits per heavy atom. The number of pyridine rings is 1. The Bertz CT molecular complexity index is 780. The summed E-state index contributed by atoms with van der Waals surface area (Å²) in [4.78, 5) is 16.8. The van der Waals surface area contributed by atoms with Crippen molar-refractivity contribution in [1.82, 2.24) is 4.98 Å². The number of hydrogen-bond acceptors (Lipinski definition) is 5. The number of fused-ring (bicyclic) bond motifs is 1. The van der Waals surface area contributed by atoms with Crippen LogP contribution in [0.3, 0.4) is 0 Å². The Labute approximate surface area is 148 Å². The summed E-state index contributed by atoms with van der Waals surface area (Å²) in [5.74, 6) is 1.03. The maximum atomic E-state index is 12.3. The van der Waals surface area contributed by atoms with Crippen LogP contribution in [-0.2, 0) is 4.74 Å². The first-order chi connectivity index (χ1) is 12.0. The fraction of sp³-hybridized carbons (Fsp3) is 0.500. The molecule has 1 aliphatic rings. The van der Waals surface area contributed by atoms with E-state index in [1.807, 2.05) is 18.2 Å². The van der Waals surface area contributed by atoms with E-state index in [1.54, 1.807) is 13.8 Å². The largest absolute Gasteiger partial charge is 0.490 e. The average Bonchev–Trinajstić information content (AvgIpc) is 2.57. The molecule has 1 saturated carbocycles. The molecule has 134 valence electrons. The van der Waals surface area contributed by atoms with Gasteiger partial charge in [-0.1, -0.05) is 13.0 Å². The lowest BCUT2D eigenvalue weighted by molar-refractivity contribution is 0.0526. The number of esters is 1. The van der Waals surface area contributed by atoms with Gasteiger partial charge in [0.25, 0.3) is 0 Å². The van der Waals surface area contributed by atoms with Crippen LogP contribution in [0, 0.1) is 12.8 Å². The lowest BCUT2D eigenvalue weighted by atomic mass is 9.89. The van der Waals surface area contributed by atoms with E-state index in [2.05, 4.69) is 11.9 Å². The average molecular weight is 342 g/mol. The first-order valence-corrected chi connectivity index (χ1v) is 9.03. The summed E-state index contributed by atoms with van der Waals surface area (Å²) in [7, 11) is 0. The van der Waals surface area contributed by atoms with E-state index in [-0.39, 0.29) is 6.10 Å². The van der Waals surface area contributed by atoms with Gasteiger partial charge in [-0.15, -0.1) is 0 Å². The molecule has 5 nitrogen and oxygen atoms in total. The van der Waals surface area contributed by atoms with E-state index in [0.717, 1.165) is 24.3 Å². The third-order valence-corrected chi connectivity index (χ3v) is 4.93. The standard InChI is InChI=1S/C20H26N2O3/c1-4-24-20(23)17-13(3)22-15-6-5-7-16(18(15)19(17)21)25-14-10-8-12(2)9-11-14/h5-7,12,14H,4,8-11H2,1-3H3,(H2,21,22). The molecule has 3 rings (SSSR count). The predicted molar refractivity (Wildman–Crippen MR) is 98.9 cm³/mol. The Balaban J connectivity index is 2.01. The number of carbonyl (C=O) groups excluding carboxylic acids is 1. The number of carbonyl (C=O) groups is 1. The minimum absolute atomic E-state index is 0.188. The lowest BCUT2D eigenvalue weighted by Crippen LogP contribution is -2.23. The van der Waals surface area contributed by atoms with Gasteiger partial charge < -0.3 is 15.2 Å². The molecule has 0 amide bonds. The van der Waals surface area contributed by atoms with Crippen molar-refractivity contribution in [2.75, 3.05) is 12.3 Å². The van der Waals surface area contributed by atoms with Crippen molar-refractivity contribution in [1.29, 1.82) is 0 Å². The van der Waals surface area contributed by atoms with Crippen LogP contribution in [-0.4, -0.2) is 23.7 Å². The molecule has 0 bridgehead atoms. The zero-order valence-electron chi connectivity index (χ0n) is 15.2. The second-order valence-electron chi connectivity index (χ2n) is 6.86. The number of nitrogens with two attached hydrogens (primary N) is 1. The van der Waals surface area contributed by atoms with Crippen LogP contribution >= 0.6 is 0 Å². The third kappa shape index (κ3) is 3.55. The van der Waals surface area contributed by atoms with E-state index in [9.17, 15) is 4.79 Å². The van der Waals surface area contributed by atoms with Crippen molar-refractivity contribution >= 4 is 22.6 Å². The van der Waals surface area contributed by atoms with Crippen LogP contribution in [0.4, 0.5) is 5.69 Å². The Morgan fingerprint density at radius 3 is 2.68 bits per heavy atom. The zero-order valence-corrected chi connectivity index (χ0v) is 15.2. The first-order valence-electron chi connectivity index (χ1n) is 9.03. The molecule has 1 fully saturated rings. The van der Waals surface area contributed by atoms with Gasteiger partial charge in [0.1, 0.15) is 11.3 Å². The molecule has 2 aromatic rings. The molecule has 1 aromatic carbocycles. The molecule has 0 saturated heterocycles. The van der Waals surface area contributed by atoms with Crippen LogP contribution in [0.2, 0.25) is 0 Å². The Kier molecular flexibility index (Phi) is 5.11. The van der Waals surface area contributed by atoms with Crippen LogP contribution in [0.15, 0.2) is 18.2 Å². The number of hydrogen-bond donors (Lipinski definition) is 1. The molecule has 5 heteroatoms. The Morgan fingerprint density at radius 1 is 1.28 bits per heavy atom. The zero-order chi connectivity index (χ0) is 18.0. The second kappa shape index (κ2) is 7.30. The Hall–Kier alpha value is -2.30. The SMILES string of the molecule is CCOC(=O)c1c(C)nc2cccc(OC3CCC(C)CC3)c2c1N. The van der Waals surface area contributed by atoms with Gasteiger partial charge >= 0.3 is 5.97 Å². The molecule has 0 radical (unpaired) electrons. The number of rotatable bonds is 4. The highest BCUT2D eigenvalue weighted by Crippen LogP contribution is 2.36. The van der Waals surface area contributed by atoms with E-state index in [1.165, 1.54) is 12.8 Å². The molecular formula is C20H26N2O3. The number of anilines is 1. The quantitative estimate of drug-likeness (QED) is 0.840. The number of aryl methyl sites for hydroxylation is 1. The molecule has 1 aliphatic carbocycles. The van der Waals surface area contributed by atoms with E-state index in [4.69, 9.17) is 15.2 Å². The minimum Gasteiger partial charge on any atom is -0.490 e. The number of nitrogens with zero attached hydrogens (tertiary/aromatic N) is 1. The molecule has 0 aliphatic heterocycles. The summed E-state index contributed by atoms with van der Waals surface area (Å²) in [6.07, 6.45) is 4.63. The molecule has 1 aromatic heterocycles. The van der Waals surface area contributed by atoms with Crippen molar-refractivity contribution in [3.05, 3.63) is 29.5 Å². The number of nitrogen functional groups attached to an aromatic ring is 1. The lowest BCUT2D eigenvalue weighted by Gasteiger charge is -2.27. The molecule has 2 N–H and O–H groups in total. The van der Waals surface area contributed by atoms with Gasteiger partial charge in [0, 0.05) is 0 Å². The number of aromatic nitrogens is 1. The molecule has 1 heterocycles. The van der Waals surface area contributed by atoms with E-state index >= 15 is 0 Å². The first kappa shape index (κ1) is 17.5.